The van der Waals surface area contributed by atoms with Gasteiger partial charge in [-0.3, -0.25) is 19.8 Å². The van der Waals surface area contributed by atoms with Gasteiger partial charge < -0.3 is 0 Å². The second kappa shape index (κ2) is 5.11. The van der Waals surface area contributed by atoms with Gasteiger partial charge in [-0.1, -0.05) is 32.6 Å². The lowest BCUT2D eigenvalue weighted by Crippen LogP contribution is -2.66. The van der Waals surface area contributed by atoms with E-state index in [-0.39, 0.29) is 17.2 Å². The fourth-order valence-electron chi connectivity index (χ4n) is 4.11. The van der Waals surface area contributed by atoms with Crippen LogP contribution < -0.4 is 5.32 Å². The fourth-order valence-corrected chi connectivity index (χ4v) is 4.11. The molecule has 1 saturated heterocycles. The van der Waals surface area contributed by atoms with Crippen LogP contribution in [0.25, 0.3) is 0 Å². The predicted molar refractivity (Wildman–Crippen MR) is 77.3 cm³/mol. The zero-order valence-electron chi connectivity index (χ0n) is 12.7. The monoisotopic (exact) mass is 292 g/mol. The van der Waals surface area contributed by atoms with E-state index in [0.29, 0.717) is 19.4 Å². The number of nitrogens with zero attached hydrogens (tertiary/aromatic N) is 1. The maximum atomic E-state index is 12.9. The van der Waals surface area contributed by atoms with Crippen molar-refractivity contribution in [3.63, 3.8) is 0 Å². The van der Waals surface area contributed by atoms with E-state index in [2.05, 4.69) is 12.2 Å². The van der Waals surface area contributed by atoms with Crippen molar-refractivity contribution >= 4 is 17.8 Å². The van der Waals surface area contributed by atoms with Crippen LogP contribution in [-0.2, 0) is 9.59 Å². The van der Waals surface area contributed by atoms with Gasteiger partial charge in [0.2, 0.25) is 11.8 Å². The highest BCUT2D eigenvalue weighted by Crippen LogP contribution is 2.46. The molecule has 3 aliphatic rings. The molecule has 0 aromatic carbocycles. The van der Waals surface area contributed by atoms with Gasteiger partial charge in [0.1, 0.15) is 5.41 Å². The van der Waals surface area contributed by atoms with Crippen molar-refractivity contribution in [2.75, 3.05) is 6.54 Å². The third kappa shape index (κ3) is 2.17. The Morgan fingerprint density at radius 3 is 2.19 bits per heavy atom. The van der Waals surface area contributed by atoms with Crippen LogP contribution in [0.4, 0.5) is 4.79 Å². The van der Waals surface area contributed by atoms with Crippen molar-refractivity contribution in [1.29, 1.82) is 0 Å². The first-order valence-electron chi connectivity index (χ1n) is 8.20. The third-order valence-electron chi connectivity index (χ3n) is 5.92. The number of carbonyl (C=O) groups excluding carboxylic acids is 3. The Morgan fingerprint density at radius 1 is 1.00 bits per heavy atom. The van der Waals surface area contributed by atoms with Crippen molar-refractivity contribution in [1.82, 2.24) is 10.2 Å². The van der Waals surface area contributed by atoms with Crippen LogP contribution >= 0.6 is 0 Å². The van der Waals surface area contributed by atoms with Gasteiger partial charge in [-0.15, -0.1) is 0 Å². The van der Waals surface area contributed by atoms with E-state index in [0.717, 1.165) is 38.5 Å². The van der Waals surface area contributed by atoms with Gasteiger partial charge in [-0.05, 0) is 37.5 Å². The first-order valence-corrected chi connectivity index (χ1v) is 8.20. The Kier molecular flexibility index (Phi) is 3.54. The molecule has 1 aliphatic heterocycles. The number of nitrogens with one attached hydrogen (secondary N) is 1. The SMILES string of the molecule is CCC1(CN2C(=O)NC(=O)C3(CCCCC3)C2=O)CCC1. The number of hydrogen-bond acceptors (Lipinski definition) is 3. The standard InChI is InChI=1S/C16H24N2O3/c1-2-15(7-6-8-15)11-18-13(20)16(9-4-3-5-10-16)12(19)17-14(18)21/h2-11H2,1H3,(H,17,19,21). The minimum atomic E-state index is -0.967. The molecule has 21 heavy (non-hydrogen) atoms. The molecule has 5 heteroatoms. The number of rotatable bonds is 3. The second-order valence-corrected chi connectivity index (χ2v) is 7.00. The van der Waals surface area contributed by atoms with E-state index < -0.39 is 11.4 Å². The summed E-state index contributed by atoms with van der Waals surface area (Å²) in [7, 11) is 0. The molecule has 4 amide bonds. The molecule has 0 aromatic rings. The fraction of sp³-hybridized carbons (Fsp3) is 0.812. The number of carbonyl (C=O) groups is 3. The van der Waals surface area contributed by atoms with E-state index >= 15 is 0 Å². The summed E-state index contributed by atoms with van der Waals surface area (Å²) in [6.07, 6.45) is 8.30. The number of urea groups is 1. The lowest BCUT2D eigenvalue weighted by Gasteiger charge is -2.48. The predicted octanol–water partition coefficient (Wildman–Crippen LogP) is 2.60. The van der Waals surface area contributed by atoms with Crippen molar-refractivity contribution in [2.45, 2.75) is 64.7 Å². The quantitative estimate of drug-likeness (QED) is 0.813. The molecule has 3 fully saturated rings. The molecular formula is C16H24N2O3. The van der Waals surface area contributed by atoms with E-state index in [1.54, 1.807) is 0 Å². The average molecular weight is 292 g/mol. The first kappa shape index (κ1) is 14.5. The van der Waals surface area contributed by atoms with Gasteiger partial charge in [0.05, 0.1) is 0 Å². The van der Waals surface area contributed by atoms with Crippen LogP contribution in [-0.4, -0.2) is 29.3 Å². The molecule has 0 radical (unpaired) electrons. The van der Waals surface area contributed by atoms with Crippen LogP contribution in [0.2, 0.25) is 0 Å². The molecule has 2 aliphatic carbocycles. The summed E-state index contributed by atoms with van der Waals surface area (Å²) in [6, 6.07) is -0.513. The van der Waals surface area contributed by atoms with Gasteiger partial charge in [0.15, 0.2) is 0 Å². The molecule has 3 rings (SSSR count). The summed E-state index contributed by atoms with van der Waals surface area (Å²) in [5.74, 6) is -0.608. The summed E-state index contributed by atoms with van der Waals surface area (Å²) in [6.45, 7) is 2.59. The smallest absolute Gasteiger partial charge is 0.277 e. The van der Waals surface area contributed by atoms with Gasteiger partial charge in [-0.25, -0.2) is 4.79 Å². The average Bonchev–Trinajstić information content (AvgIpc) is 2.45. The molecule has 0 unspecified atom stereocenters. The number of barbiturate groups is 1. The van der Waals surface area contributed by atoms with Crippen molar-refractivity contribution in [3.8, 4) is 0 Å². The summed E-state index contributed by atoms with van der Waals surface area (Å²) >= 11 is 0. The van der Waals surface area contributed by atoms with Crippen molar-refractivity contribution in [3.05, 3.63) is 0 Å². The van der Waals surface area contributed by atoms with Crippen LogP contribution in [0, 0.1) is 10.8 Å². The maximum absolute atomic E-state index is 12.9. The van der Waals surface area contributed by atoms with E-state index in [4.69, 9.17) is 0 Å². The Hall–Kier alpha value is -1.39. The molecule has 2 saturated carbocycles. The minimum Gasteiger partial charge on any atom is -0.277 e. The van der Waals surface area contributed by atoms with Crippen LogP contribution in [0.1, 0.15) is 64.7 Å². The summed E-state index contributed by atoms with van der Waals surface area (Å²) < 4.78 is 0. The lowest BCUT2D eigenvalue weighted by atomic mass is 9.66. The highest BCUT2D eigenvalue weighted by atomic mass is 16.2. The van der Waals surface area contributed by atoms with Crippen LogP contribution in [0.3, 0.4) is 0 Å². The Bertz CT molecular complexity index is 470. The zero-order valence-corrected chi connectivity index (χ0v) is 12.7. The van der Waals surface area contributed by atoms with Crippen LogP contribution in [0.5, 0.6) is 0 Å². The molecule has 1 spiro atoms. The number of imide groups is 2. The molecule has 0 atom stereocenters. The molecule has 5 nitrogen and oxygen atoms in total. The summed E-state index contributed by atoms with van der Waals surface area (Å²) in [5, 5.41) is 2.44. The van der Waals surface area contributed by atoms with Gasteiger partial charge in [-0.2, -0.15) is 0 Å². The molecule has 1 N–H and O–H groups in total. The topological polar surface area (TPSA) is 66.5 Å². The Labute approximate surface area is 125 Å². The normalized spacial score (nSPS) is 27.5. The minimum absolute atomic E-state index is 0.0866. The molecule has 0 aromatic heterocycles. The molecule has 0 bridgehead atoms. The van der Waals surface area contributed by atoms with Crippen molar-refractivity contribution < 1.29 is 14.4 Å². The van der Waals surface area contributed by atoms with E-state index in [9.17, 15) is 14.4 Å². The second-order valence-electron chi connectivity index (χ2n) is 7.00. The largest absolute Gasteiger partial charge is 0.330 e. The van der Waals surface area contributed by atoms with Gasteiger partial charge in [0, 0.05) is 6.54 Å². The van der Waals surface area contributed by atoms with E-state index in [1.807, 2.05) is 0 Å². The first-order chi connectivity index (χ1) is 10.0. The highest BCUT2D eigenvalue weighted by molar-refractivity contribution is 6.19. The number of hydrogen-bond donors (Lipinski definition) is 1. The third-order valence-corrected chi connectivity index (χ3v) is 5.92. The molecular weight excluding hydrogens is 268 g/mol. The van der Waals surface area contributed by atoms with Gasteiger partial charge >= 0.3 is 6.03 Å². The maximum Gasteiger partial charge on any atom is 0.330 e. The molecule has 116 valence electrons. The van der Waals surface area contributed by atoms with Crippen LogP contribution in [0.15, 0.2) is 0 Å². The summed E-state index contributed by atoms with van der Waals surface area (Å²) in [4.78, 5) is 38.7. The lowest BCUT2D eigenvalue weighted by molar-refractivity contribution is -0.155. The van der Waals surface area contributed by atoms with Crippen molar-refractivity contribution in [2.24, 2.45) is 10.8 Å². The molecule has 1 heterocycles. The zero-order chi connectivity index (χ0) is 15.1. The Morgan fingerprint density at radius 2 is 1.67 bits per heavy atom. The Balaban J connectivity index is 1.84. The van der Waals surface area contributed by atoms with E-state index in [1.165, 1.54) is 11.3 Å². The highest BCUT2D eigenvalue weighted by Gasteiger charge is 2.55. The summed E-state index contributed by atoms with van der Waals surface area (Å²) in [5.41, 5.74) is -0.881. The van der Waals surface area contributed by atoms with Gasteiger partial charge in [0.25, 0.3) is 0 Å². The number of amides is 4.